The van der Waals surface area contributed by atoms with Gasteiger partial charge < -0.3 is 14.3 Å². The van der Waals surface area contributed by atoms with E-state index in [1.165, 1.54) is 6.92 Å². The molecule has 0 amide bonds. The number of aliphatic hydroxyl groups excluding tert-OH is 1. The van der Waals surface area contributed by atoms with Gasteiger partial charge in [0.15, 0.2) is 0 Å². The largest absolute Gasteiger partial charge is 0.466 e. The van der Waals surface area contributed by atoms with Gasteiger partial charge in [-0.2, -0.15) is 0 Å². The second kappa shape index (κ2) is 10.9. The number of nitrogens with zero attached hydrogens (tertiary/aromatic N) is 1. The van der Waals surface area contributed by atoms with Gasteiger partial charge in [0.2, 0.25) is 0 Å². The fourth-order valence-electron chi connectivity index (χ4n) is 1.56. The van der Waals surface area contributed by atoms with Crippen molar-refractivity contribution in [2.75, 3.05) is 39.4 Å². The van der Waals surface area contributed by atoms with E-state index in [0.29, 0.717) is 13.2 Å². The van der Waals surface area contributed by atoms with Gasteiger partial charge >= 0.3 is 5.97 Å². The van der Waals surface area contributed by atoms with E-state index in [-0.39, 0.29) is 5.97 Å². The molecular formula is C12H28NO3+. The van der Waals surface area contributed by atoms with Crippen molar-refractivity contribution in [3.05, 3.63) is 0 Å². The molecule has 0 radical (unpaired) electrons. The molecule has 0 saturated heterocycles. The summed E-state index contributed by atoms with van der Waals surface area (Å²) in [6.07, 6.45) is 0. The fourth-order valence-corrected chi connectivity index (χ4v) is 1.56. The van der Waals surface area contributed by atoms with Gasteiger partial charge in [0.25, 0.3) is 0 Å². The lowest BCUT2D eigenvalue weighted by atomic mass is 10.3. The van der Waals surface area contributed by atoms with Crippen LogP contribution >= 0.6 is 0 Å². The summed E-state index contributed by atoms with van der Waals surface area (Å²) in [6.45, 7) is 14.8. The van der Waals surface area contributed by atoms with Crippen LogP contribution in [0.25, 0.3) is 0 Å². The van der Waals surface area contributed by atoms with Gasteiger partial charge in [-0.1, -0.05) is 0 Å². The van der Waals surface area contributed by atoms with Crippen molar-refractivity contribution < 1.29 is 19.1 Å². The third-order valence-corrected chi connectivity index (χ3v) is 2.93. The van der Waals surface area contributed by atoms with Crippen LogP contribution in [0.15, 0.2) is 0 Å². The first-order valence-corrected chi connectivity index (χ1v) is 6.11. The molecule has 0 aromatic carbocycles. The molecule has 4 nitrogen and oxygen atoms in total. The van der Waals surface area contributed by atoms with Crippen LogP contribution in [-0.4, -0.2) is 55.0 Å². The van der Waals surface area contributed by atoms with E-state index in [0.717, 1.165) is 30.7 Å². The minimum Gasteiger partial charge on any atom is -0.466 e. The number of aliphatic hydroxyl groups is 1. The van der Waals surface area contributed by atoms with Crippen LogP contribution in [0.3, 0.4) is 0 Å². The first-order chi connectivity index (χ1) is 7.51. The van der Waals surface area contributed by atoms with E-state index in [9.17, 15) is 4.79 Å². The maximum absolute atomic E-state index is 9.82. The van der Waals surface area contributed by atoms with Crippen LogP contribution in [-0.2, 0) is 9.53 Å². The third kappa shape index (κ3) is 8.68. The van der Waals surface area contributed by atoms with E-state index in [1.807, 2.05) is 0 Å². The quantitative estimate of drug-likeness (QED) is 0.558. The highest BCUT2D eigenvalue weighted by atomic mass is 16.5. The monoisotopic (exact) mass is 234 g/mol. The van der Waals surface area contributed by atoms with Crippen molar-refractivity contribution >= 4 is 5.97 Å². The minimum atomic E-state index is -0.211. The van der Waals surface area contributed by atoms with Gasteiger partial charge in [0.1, 0.15) is 6.54 Å². The van der Waals surface area contributed by atoms with Gasteiger partial charge in [-0.25, -0.2) is 0 Å². The zero-order valence-corrected chi connectivity index (χ0v) is 11.5. The second-order valence-electron chi connectivity index (χ2n) is 3.66. The topological polar surface area (TPSA) is 46.5 Å². The number of esters is 1. The molecule has 0 fully saturated rings. The highest BCUT2D eigenvalue weighted by Gasteiger charge is 2.18. The van der Waals surface area contributed by atoms with Crippen LogP contribution in [0.1, 0.15) is 34.6 Å². The number of quaternary nitrogens is 1. The van der Waals surface area contributed by atoms with Crippen molar-refractivity contribution in [3.63, 3.8) is 0 Å². The highest BCUT2D eigenvalue weighted by molar-refractivity contribution is 5.65. The van der Waals surface area contributed by atoms with Crippen LogP contribution < -0.4 is 0 Å². The molecule has 0 unspecified atom stereocenters. The number of hydrogen-bond donors (Lipinski definition) is 1. The normalized spacial score (nSPS) is 10.4. The number of carbonyl (C=O) groups is 1. The SMILES string of the molecule is CCOC(C)=O.CC[N+](CC)(CC)CCO. The number of carbonyl (C=O) groups excluding carboxylic acids is 1. The van der Waals surface area contributed by atoms with E-state index >= 15 is 0 Å². The number of hydrogen-bond acceptors (Lipinski definition) is 3. The Balaban J connectivity index is 0. The van der Waals surface area contributed by atoms with E-state index in [1.54, 1.807) is 6.92 Å². The Morgan fingerprint density at radius 1 is 1.12 bits per heavy atom. The van der Waals surface area contributed by atoms with Gasteiger partial charge in [0, 0.05) is 6.92 Å². The van der Waals surface area contributed by atoms with Crippen molar-refractivity contribution in [1.82, 2.24) is 0 Å². The second-order valence-corrected chi connectivity index (χ2v) is 3.66. The summed E-state index contributed by atoms with van der Waals surface area (Å²) in [6, 6.07) is 0. The number of rotatable bonds is 6. The molecule has 0 aliphatic heterocycles. The summed E-state index contributed by atoms with van der Waals surface area (Å²) in [5.74, 6) is -0.211. The lowest BCUT2D eigenvalue weighted by Crippen LogP contribution is -2.49. The van der Waals surface area contributed by atoms with Gasteiger partial charge in [-0.3, -0.25) is 4.79 Å². The zero-order chi connectivity index (χ0) is 13.0. The first-order valence-electron chi connectivity index (χ1n) is 6.11. The molecule has 0 aliphatic carbocycles. The third-order valence-electron chi connectivity index (χ3n) is 2.93. The summed E-state index contributed by atoms with van der Waals surface area (Å²) in [4.78, 5) is 9.82. The maximum atomic E-state index is 9.82. The van der Waals surface area contributed by atoms with Gasteiger partial charge in [-0.05, 0) is 27.7 Å². The molecule has 98 valence electrons. The fraction of sp³-hybridized carbons (Fsp3) is 0.917. The molecular weight excluding hydrogens is 206 g/mol. The molecule has 16 heavy (non-hydrogen) atoms. The highest BCUT2D eigenvalue weighted by Crippen LogP contribution is 2.03. The van der Waals surface area contributed by atoms with Crippen LogP contribution in [0.4, 0.5) is 0 Å². The molecule has 0 aliphatic rings. The Morgan fingerprint density at radius 2 is 1.56 bits per heavy atom. The molecule has 1 N–H and O–H groups in total. The molecule has 0 aromatic rings. The average Bonchev–Trinajstić information content (AvgIpc) is 2.27. The molecule has 0 saturated carbocycles. The number of likely N-dealkylation sites (N-methyl/N-ethyl adjacent to an activating group) is 1. The van der Waals surface area contributed by atoms with Crippen LogP contribution in [0.5, 0.6) is 0 Å². The van der Waals surface area contributed by atoms with Crippen LogP contribution in [0.2, 0.25) is 0 Å². The van der Waals surface area contributed by atoms with Crippen molar-refractivity contribution in [2.45, 2.75) is 34.6 Å². The average molecular weight is 234 g/mol. The molecule has 0 aromatic heterocycles. The zero-order valence-electron chi connectivity index (χ0n) is 11.5. The van der Waals surface area contributed by atoms with E-state index in [4.69, 9.17) is 5.11 Å². The molecule has 0 rings (SSSR count). The molecule has 0 atom stereocenters. The Labute approximate surface area is 99.8 Å². The molecule has 0 heterocycles. The summed E-state index contributed by atoms with van der Waals surface area (Å²) < 4.78 is 5.45. The lowest BCUT2D eigenvalue weighted by Gasteiger charge is -2.34. The minimum absolute atomic E-state index is 0.211. The van der Waals surface area contributed by atoms with Gasteiger partial charge in [0.05, 0.1) is 32.8 Å². The predicted molar refractivity (Wildman–Crippen MR) is 66.1 cm³/mol. The molecule has 0 bridgehead atoms. The molecule has 4 heteroatoms. The Bertz CT molecular complexity index is 159. The standard InChI is InChI=1S/C8H20NO.C4H8O2/c1-4-9(5-2,6-3)7-8-10;1-3-6-4(2)5/h10H,4-8H2,1-3H3;3H2,1-2H3/q+1;. The van der Waals surface area contributed by atoms with Crippen molar-refractivity contribution in [1.29, 1.82) is 0 Å². The summed E-state index contributed by atoms with van der Waals surface area (Å²) >= 11 is 0. The lowest BCUT2D eigenvalue weighted by molar-refractivity contribution is -0.923. The van der Waals surface area contributed by atoms with E-state index in [2.05, 4.69) is 25.5 Å². The summed E-state index contributed by atoms with van der Waals surface area (Å²) in [7, 11) is 0. The van der Waals surface area contributed by atoms with Gasteiger partial charge in [-0.15, -0.1) is 0 Å². The van der Waals surface area contributed by atoms with Crippen molar-refractivity contribution in [2.24, 2.45) is 0 Å². The van der Waals surface area contributed by atoms with Crippen LogP contribution in [0, 0.1) is 0 Å². The Kier molecular flexibility index (Phi) is 12.1. The predicted octanol–water partition coefficient (Wildman–Crippen LogP) is 1.42. The first kappa shape index (κ1) is 17.8. The Morgan fingerprint density at radius 3 is 1.62 bits per heavy atom. The number of ether oxygens (including phenoxy) is 1. The smallest absolute Gasteiger partial charge is 0.302 e. The summed E-state index contributed by atoms with van der Waals surface area (Å²) in [5, 5.41) is 8.78. The maximum Gasteiger partial charge on any atom is 0.302 e. The summed E-state index contributed by atoms with van der Waals surface area (Å²) in [5.41, 5.74) is 0. The molecule has 0 spiro atoms. The van der Waals surface area contributed by atoms with Crippen molar-refractivity contribution in [3.8, 4) is 0 Å². The van der Waals surface area contributed by atoms with E-state index < -0.39 is 0 Å². The Hall–Kier alpha value is -0.610.